The largest absolute Gasteiger partial charge is 0.325 e. The van der Waals surface area contributed by atoms with E-state index < -0.39 is 11.8 Å². The van der Waals surface area contributed by atoms with E-state index in [2.05, 4.69) is 5.32 Å². The lowest BCUT2D eigenvalue weighted by atomic mass is 10.0. The van der Waals surface area contributed by atoms with Crippen LogP contribution in [0.3, 0.4) is 0 Å². The Kier molecular flexibility index (Phi) is 3.42. The number of nitriles is 1. The molecule has 1 amide bonds. The topological polar surface area (TPSA) is 70.0 Å². The zero-order valence-electron chi connectivity index (χ0n) is 10.1. The highest BCUT2D eigenvalue weighted by Gasteiger charge is 2.38. The van der Waals surface area contributed by atoms with E-state index in [1.807, 2.05) is 19.1 Å². The van der Waals surface area contributed by atoms with Crippen LogP contribution in [0, 0.1) is 30.1 Å². The van der Waals surface area contributed by atoms with Gasteiger partial charge in [0.15, 0.2) is 11.7 Å². The fraction of sp³-hybridized carbons (Fsp3) is 0.357. The van der Waals surface area contributed by atoms with Gasteiger partial charge in [-0.25, -0.2) is 0 Å². The molecule has 0 bridgehead atoms. The number of hydrogen-bond acceptors (Lipinski definition) is 3. The van der Waals surface area contributed by atoms with Crippen LogP contribution in [0.1, 0.15) is 18.4 Å². The summed E-state index contributed by atoms with van der Waals surface area (Å²) < 4.78 is 0. The second kappa shape index (κ2) is 5.01. The fourth-order valence-electron chi connectivity index (χ4n) is 1.79. The van der Waals surface area contributed by atoms with Gasteiger partial charge in [0.25, 0.3) is 0 Å². The van der Waals surface area contributed by atoms with Gasteiger partial charge in [-0.05, 0) is 37.5 Å². The minimum atomic E-state index is -1.18. The van der Waals surface area contributed by atoms with Crippen molar-refractivity contribution < 1.29 is 9.59 Å². The molecule has 0 radical (unpaired) electrons. The van der Waals surface area contributed by atoms with Gasteiger partial charge in [0.2, 0.25) is 5.91 Å². The van der Waals surface area contributed by atoms with E-state index in [1.54, 1.807) is 18.2 Å². The van der Waals surface area contributed by atoms with Crippen LogP contribution in [-0.4, -0.2) is 11.7 Å². The summed E-state index contributed by atoms with van der Waals surface area (Å²) in [5, 5.41) is 11.6. The first-order chi connectivity index (χ1) is 8.61. The van der Waals surface area contributed by atoms with Crippen LogP contribution in [0.5, 0.6) is 0 Å². The Morgan fingerprint density at radius 1 is 1.44 bits per heavy atom. The number of nitrogens with one attached hydrogen (secondary N) is 1. The molecular weight excluding hydrogens is 228 g/mol. The Hall–Kier alpha value is -2.15. The van der Waals surface area contributed by atoms with Crippen molar-refractivity contribution in [3.8, 4) is 6.07 Å². The molecule has 1 aromatic carbocycles. The second-order valence-electron chi connectivity index (χ2n) is 4.60. The molecule has 0 aromatic heterocycles. The van der Waals surface area contributed by atoms with Crippen LogP contribution in [0.4, 0.5) is 5.69 Å². The maximum atomic E-state index is 11.9. The zero-order valence-corrected chi connectivity index (χ0v) is 10.1. The summed E-state index contributed by atoms with van der Waals surface area (Å²) in [5.74, 6) is -2.04. The van der Waals surface area contributed by atoms with Crippen LogP contribution >= 0.6 is 0 Å². The predicted octanol–water partition coefficient (Wildman–Crippen LogP) is 2.05. The first-order valence-corrected chi connectivity index (χ1v) is 5.92. The maximum Gasteiger partial charge on any atom is 0.249 e. The van der Waals surface area contributed by atoms with E-state index in [1.165, 1.54) is 0 Å². The standard InChI is InChI=1S/C14H14N2O2/c1-9-3-2-4-11(7-9)16-14(18)12(8-15)13(17)10-5-6-10/h2-4,7,10,12H,5-6H2,1H3,(H,16,18). The Morgan fingerprint density at radius 3 is 2.72 bits per heavy atom. The Labute approximate surface area is 106 Å². The molecule has 1 aliphatic rings. The predicted molar refractivity (Wildman–Crippen MR) is 66.6 cm³/mol. The Bertz CT molecular complexity index is 527. The molecule has 92 valence electrons. The summed E-state index contributed by atoms with van der Waals surface area (Å²) in [4.78, 5) is 23.6. The Balaban J connectivity index is 2.06. The molecule has 4 heteroatoms. The van der Waals surface area contributed by atoms with Gasteiger partial charge >= 0.3 is 0 Å². The third kappa shape index (κ3) is 2.75. The van der Waals surface area contributed by atoms with Crippen LogP contribution < -0.4 is 5.32 Å². The van der Waals surface area contributed by atoms with Crippen LogP contribution in [0.2, 0.25) is 0 Å². The number of aryl methyl sites for hydroxylation is 1. The normalized spacial score (nSPS) is 15.6. The minimum Gasteiger partial charge on any atom is -0.325 e. The van der Waals surface area contributed by atoms with Gasteiger partial charge < -0.3 is 5.32 Å². The number of amides is 1. The highest BCUT2D eigenvalue weighted by Crippen LogP contribution is 2.32. The molecule has 0 spiro atoms. The number of hydrogen-bond donors (Lipinski definition) is 1. The number of nitrogens with zero attached hydrogens (tertiary/aromatic N) is 1. The first kappa shape index (κ1) is 12.3. The molecule has 1 unspecified atom stereocenters. The van der Waals surface area contributed by atoms with Crippen molar-refractivity contribution in [1.29, 1.82) is 5.26 Å². The van der Waals surface area contributed by atoms with Crippen molar-refractivity contribution in [1.82, 2.24) is 0 Å². The van der Waals surface area contributed by atoms with Crippen molar-refractivity contribution >= 4 is 17.4 Å². The van der Waals surface area contributed by atoms with Crippen molar-refractivity contribution in [2.75, 3.05) is 5.32 Å². The molecule has 0 saturated heterocycles. The molecule has 1 fully saturated rings. The molecule has 1 aromatic rings. The van der Waals surface area contributed by atoms with E-state index in [0.717, 1.165) is 18.4 Å². The van der Waals surface area contributed by atoms with Crippen molar-refractivity contribution in [2.45, 2.75) is 19.8 Å². The lowest BCUT2D eigenvalue weighted by Crippen LogP contribution is -2.29. The van der Waals surface area contributed by atoms with Gasteiger partial charge in [-0.1, -0.05) is 12.1 Å². The molecule has 1 aliphatic carbocycles. The smallest absolute Gasteiger partial charge is 0.249 e. The monoisotopic (exact) mass is 242 g/mol. The molecule has 4 nitrogen and oxygen atoms in total. The summed E-state index contributed by atoms with van der Waals surface area (Å²) in [7, 11) is 0. The van der Waals surface area contributed by atoms with Crippen LogP contribution in [-0.2, 0) is 9.59 Å². The van der Waals surface area contributed by atoms with Gasteiger partial charge in [0.1, 0.15) is 0 Å². The van der Waals surface area contributed by atoms with Gasteiger partial charge in [0, 0.05) is 11.6 Å². The number of Topliss-reactive ketones (excluding diaryl/α,β-unsaturated/α-hetero) is 1. The molecule has 0 heterocycles. The second-order valence-corrected chi connectivity index (χ2v) is 4.60. The minimum absolute atomic E-state index is 0.0853. The van der Waals surface area contributed by atoms with Crippen LogP contribution in [0.15, 0.2) is 24.3 Å². The van der Waals surface area contributed by atoms with Crippen LogP contribution in [0.25, 0.3) is 0 Å². The lowest BCUT2D eigenvalue weighted by Gasteiger charge is -2.09. The molecule has 0 aliphatic heterocycles. The van der Waals surface area contributed by atoms with Gasteiger partial charge in [-0.15, -0.1) is 0 Å². The van der Waals surface area contributed by atoms with E-state index in [4.69, 9.17) is 5.26 Å². The molecule has 1 N–H and O–H groups in total. The van der Waals surface area contributed by atoms with Crippen molar-refractivity contribution in [3.63, 3.8) is 0 Å². The van der Waals surface area contributed by atoms with E-state index in [0.29, 0.717) is 5.69 Å². The number of rotatable bonds is 4. The number of carbonyl (C=O) groups is 2. The van der Waals surface area contributed by atoms with E-state index in [9.17, 15) is 9.59 Å². The maximum absolute atomic E-state index is 11.9. The summed E-state index contributed by atoms with van der Waals surface area (Å²) in [6.45, 7) is 1.91. The average Bonchev–Trinajstić information content (AvgIpc) is 3.13. The highest BCUT2D eigenvalue weighted by molar-refractivity contribution is 6.10. The van der Waals surface area contributed by atoms with E-state index >= 15 is 0 Å². The van der Waals surface area contributed by atoms with E-state index in [-0.39, 0.29) is 11.7 Å². The van der Waals surface area contributed by atoms with Gasteiger partial charge in [-0.3, -0.25) is 9.59 Å². The average molecular weight is 242 g/mol. The summed E-state index contributed by atoms with van der Waals surface area (Å²) in [5.41, 5.74) is 1.62. The summed E-state index contributed by atoms with van der Waals surface area (Å²) in [6, 6.07) is 9.06. The zero-order chi connectivity index (χ0) is 13.1. The molecular formula is C14H14N2O2. The number of carbonyl (C=O) groups excluding carboxylic acids is 2. The number of ketones is 1. The molecule has 1 saturated carbocycles. The van der Waals surface area contributed by atoms with Gasteiger partial charge in [0.05, 0.1) is 6.07 Å². The summed E-state index contributed by atoms with van der Waals surface area (Å²) >= 11 is 0. The lowest BCUT2D eigenvalue weighted by molar-refractivity contribution is -0.129. The van der Waals surface area contributed by atoms with Crippen molar-refractivity contribution in [2.24, 2.45) is 11.8 Å². The Morgan fingerprint density at radius 2 is 2.17 bits per heavy atom. The SMILES string of the molecule is Cc1cccc(NC(=O)C(C#N)C(=O)C2CC2)c1. The van der Waals surface area contributed by atoms with Gasteiger partial charge in [-0.2, -0.15) is 5.26 Å². The molecule has 1 atom stereocenters. The number of anilines is 1. The third-order valence-electron chi connectivity index (χ3n) is 2.94. The first-order valence-electron chi connectivity index (χ1n) is 5.92. The van der Waals surface area contributed by atoms with Crippen molar-refractivity contribution in [3.05, 3.63) is 29.8 Å². The highest BCUT2D eigenvalue weighted by atomic mass is 16.2. The number of benzene rings is 1. The summed E-state index contributed by atoms with van der Waals surface area (Å²) in [6.07, 6.45) is 1.60. The third-order valence-corrected chi connectivity index (χ3v) is 2.94. The quantitative estimate of drug-likeness (QED) is 0.821. The molecule has 2 rings (SSSR count). The fourth-order valence-corrected chi connectivity index (χ4v) is 1.79. The molecule has 18 heavy (non-hydrogen) atoms.